The molecule has 0 aromatic carbocycles. The summed E-state index contributed by atoms with van der Waals surface area (Å²) < 4.78 is 0. The van der Waals surface area contributed by atoms with Crippen LogP contribution in [0.4, 0.5) is 0 Å². The van der Waals surface area contributed by atoms with Crippen LogP contribution in [0.5, 0.6) is 0 Å². The highest BCUT2D eigenvalue weighted by atomic mass is 16.2. The zero-order valence-electron chi connectivity index (χ0n) is 11.8. The van der Waals surface area contributed by atoms with Gasteiger partial charge in [0.15, 0.2) is 0 Å². The Morgan fingerprint density at radius 3 is 3.00 bits per heavy atom. The summed E-state index contributed by atoms with van der Waals surface area (Å²) in [6.07, 6.45) is 5.84. The van der Waals surface area contributed by atoms with E-state index >= 15 is 0 Å². The third kappa shape index (κ3) is 3.77. The summed E-state index contributed by atoms with van der Waals surface area (Å²) in [6.45, 7) is 6.56. The monoisotopic (exact) mass is 261 g/mol. The van der Waals surface area contributed by atoms with E-state index in [0.717, 1.165) is 31.5 Å². The van der Waals surface area contributed by atoms with Crippen molar-refractivity contribution in [2.75, 3.05) is 13.1 Å². The first-order valence-electron chi connectivity index (χ1n) is 7.08. The first-order chi connectivity index (χ1) is 9.18. The molecule has 0 saturated carbocycles. The predicted octanol–water partition coefficient (Wildman–Crippen LogP) is 1.82. The van der Waals surface area contributed by atoms with Gasteiger partial charge in [-0.05, 0) is 31.0 Å². The van der Waals surface area contributed by atoms with Crippen LogP contribution in [0.3, 0.4) is 0 Å². The van der Waals surface area contributed by atoms with E-state index < -0.39 is 0 Å². The second-order valence-electron chi connectivity index (χ2n) is 5.48. The van der Waals surface area contributed by atoms with E-state index in [4.69, 9.17) is 0 Å². The molecule has 2 heterocycles. The van der Waals surface area contributed by atoms with Crippen molar-refractivity contribution in [2.45, 2.75) is 39.3 Å². The number of piperidine rings is 1. The van der Waals surface area contributed by atoms with Crippen molar-refractivity contribution in [1.82, 2.24) is 15.2 Å². The summed E-state index contributed by atoms with van der Waals surface area (Å²) in [5.41, 5.74) is 1.10. The van der Waals surface area contributed by atoms with Gasteiger partial charge in [0.25, 0.3) is 0 Å². The Kier molecular flexibility index (Phi) is 4.91. The fourth-order valence-corrected chi connectivity index (χ4v) is 2.51. The van der Waals surface area contributed by atoms with Gasteiger partial charge < -0.3 is 10.2 Å². The maximum absolute atomic E-state index is 12.4. The number of hydrogen-bond donors (Lipinski definition) is 1. The van der Waals surface area contributed by atoms with Crippen molar-refractivity contribution in [3.8, 4) is 0 Å². The van der Waals surface area contributed by atoms with E-state index in [1.807, 2.05) is 37.1 Å². The molecule has 1 fully saturated rings. The topological polar surface area (TPSA) is 45.2 Å². The third-order valence-electron chi connectivity index (χ3n) is 3.56. The molecule has 1 aliphatic heterocycles. The summed E-state index contributed by atoms with van der Waals surface area (Å²) in [5.74, 6) is 0.274. The van der Waals surface area contributed by atoms with Gasteiger partial charge in [-0.15, -0.1) is 0 Å². The lowest BCUT2D eigenvalue weighted by atomic mass is 10.0. The highest BCUT2D eigenvalue weighted by molar-refractivity contribution is 5.78. The molecule has 104 valence electrons. The largest absolute Gasteiger partial charge is 0.334 e. The molecule has 1 unspecified atom stereocenters. The summed E-state index contributed by atoms with van der Waals surface area (Å²) >= 11 is 0. The fraction of sp³-hybridized carbons (Fsp3) is 0.600. The van der Waals surface area contributed by atoms with Gasteiger partial charge >= 0.3 is 0 Å². The molecule has 0 spiro atoms. The van der Waals surface area contributed by atoms with Crippen LogP contribution in [0.15, 0.2) is 24.5 Å². The summed E-state index contributed by atoms with van der Waals surface area (Å²) in [5, 5.41) is 3.39. The van der Waals surface area contributed by atoms with E-state index in [1.54, 1.807) is 6.20 Å². The average molecular weight is 261 g/mol. The van der Waals surface area contributed by atoms with Crippen LogP contribution in [0.25, 0.3) is 0 Å². The van der Waals surface area contributed by atoms with Crippen molar-refractivity contribution in [3.63, 3.8) is 0 Å². The van der Waals surface area contributed by atoms with Crippen LogP contribution in [-0.4, -0.2) is 34.9 Å². The molecule has 19 heavy (non-hydrogen) atoms. The van der Waals surface area contributed by atoms with Gasteiger partial charge in [-0.2, -0.15) is 0 Å². The number of hydrogen-bond acceptors (Lipinski definition) is 3. The molecule has 0 radical (unpaired) electrons. The maximum atomic E-state index is 12.4. The molecule has 4 nitrogen and oxygen atoms in total. The third-order valence-corrected chi connectivity index (χ3v) is 3.56. The van der Waals surface area contributed by atoms with Gasteiger partial charge in [0, 0.05) is 37.4 Å². The SMILES string of the molecule is CC(C)C(=O)N(Cc1cccnc1)C1CCCNC1. The minimum Gasteiger partial charge on any atom is -0.334 e. The molecule has 1 amide bonds. The van der Waals surface area contributed by atoms with Crippen molar-refractivity contribution < 1.29 is 4.79 Å². The lowest BCUT2D eigenvalue weighted by molar-refractivity contribution is -0.138. The number of pyridine rings is 1. The van der Waals surface area contributed by atoms with Crippen LogP contribution >= 0.6 is 0 Å². The van der Waals surface area contributed by atoms with E-state index in [-0.39, 0.29) is 11.8 Å². The van der Waals surface area contributed by atoms with Gasteiger partial charge in [0.2, 0.25) is 5.91 Å². The zero-order valence-corrected chi connectivity index (χ0v) is 11.8. The van der Waals surface area contributed by atoms with Crippen LogP contribution in [0.2, 0.25) is 0 Å². The first kappa shape index (κ1) is 14.0. The Labute approximate surface area is 115 Å². The minimum atomic E-state index is 0.0404. The van der Waals surface area contributed by atoms with Crippen LogP contribution in [0, 0.1) is 5.92 Å². The molecule has 1 atom stereocenters. The normalized spacial score (nSPS) is 19.4. The van der Waals surface area contributed by atoms with Crippen molar-refractivity contribution in [1.29, 1.82) is 0 Å². The number of amides is 1. The second-order valence-corrected chi connectivity index (χ2v) is 5.48. The van der Waals surface area contributed by atoms with E-state index in [2.05, 4.69) is 10.3 Å². The predicted molar refractivity (Wildman–Crippen MR) is 75.5 cm³/mol. The second kappa shape index (κ2) is 6.66. The average Bonchev–Trinajstić information content (AvgIpc) is 2.46. The Morgan fingerprint density at radius 1 is 1.58 bits per heavy atom. The molecule has 0 aliphatic carbocycles. The van der Waals surface area contributed by atoms with Crippen LogP contribution in [0.1, 0.15) is 32.3 Å². The van der Waals surface area contributed by atoms with E-state index in [9.17, 15) is 4.79 Å². The molecule has 1 N–H and O–H groups in total. The van der Waals surface area contributed by atoms with Gasteiger partial charge in [0.1, 0.15) is 0 Å². The Morgan fingerprint density at radius 2 is 2.42 bits per heavy atom. The number of carbonyl (C=O) groups is 1. The molecular formula is C15H23N3O. The molecular weight excluding hydrogens is 238 g/mol. The van der Waals surface area contributed by atoms with Gasteiger partial charge in [0.05, 0.1) is 0 Å². The molecule has 0 bridgehead atoms. The van der Waals surface area contributed by atoms with Crippen molar-refractivity contribution in [2.24, 2.45) is 5.92 Å². The number of nitrogens with one attached hydrogen (secondary N) is 1. The Hall–Kier alpha value is -1.42. The molecule has 1 aromatic heterocycles. The molecule has 1 aromatic rings. The summed E-state index contributed by atoms with van der Waals surface area (Å²) in [4.78, 5) is 18.6. The standard InChI is InChI=1S/C15H23N3O/c1-12(2)15(19)18(14-6-4-8-17-10-14)11-13-5-3-7-16-9-13/h3,5,7,9,12,14,17H,4,6,8,10-11H2,1-2H3. The molecule has 1 aliphatic rings. The first-order valence-corrected chi connectivity index (χ1v) is 7.08. The van der Waals surface area contributed by atoms with E-state index in [0.29, 0.717) is 12.6 Å². The van der Waals surface area contributed by atoms with Gasteiger partial charge in [-0.25, -0.2) is 0 Å². The number of nitrogens with zero attached hydrogens (tertiary/aromatic N) is 2. The Balaban J connectivity index is 2.11. The minimum absolute atomic E-state index is 0.0404. The lowest BCUT2D eigenvalue weighted by Gasteiger charge is -2.36. The summed E-state index contributed by atoms with van der Waals surface area (Å²) in [7, 11) is 0. The van der Waals surface area contributed by atoms with Gasteiger partial charge in [-0.3, -0.25) is 9.78 Å². The molecule has 1 saturated heterocycles. The van der Waals surface area contributed by atoms with Crippen LogP contribution < -0.4 is 5.32 Å². The van der Waals surface area contributed by atoms with Crippen LogP contribution in [-0.2, 0) is 11.3 Å². The van der Waals surface area contributed by atoms with Crippen molar-refractivity contribution in [3.05, 3.63) is 30.1 Å². The molecule has 2 rings (SSSR count). The number of aromatic nitrogens is 1. The van der Waals surface area contributed by atoms with Crippen molar-refractivity contribution >= 4 is 5.91 Å². The maximum Gasteiger partial charge on any atom is 0.225 e. The van der Waals surface area contributed by atoms with E-state index in [1.165, 1.54) is 0 Å². The fourth-order valence-electron chi connectivity index (χ4n) is 2.51. The highest BCUT2D eigenvalue weighted by Gasteiger charge is 2.26. The smallest absolute Gasteiger partial charge is 0.225 e. The Bertz CT molecular complexity index is 399. The zero-order chi connectivity index (χ0) is 13.7. The lowest BCUT2D eigenvalue weighted by Crippen LogP contribution is -2.49. The molecule has 4 heteroatoms. The quantitative estimate of drug-likeness (QED) is 0.899. The van der Waals surface area contributed by atoms with Gasteiger partial charge in [-0.1, -0.05) is 19.9 Å². The number of carbonyl (C=O) groups excluding carboxylic acids is 1. The number of rotatable bonds is 4. The highest BCUT2D eigenvalue weighted by Crippen LogP contribution is 2.17. The summed E-state index contributed by atoms with van der Waals surface area (Å²) in [6, 6.07) is 4.26.